The number of ketones is 1. The zero-order valence-corrected chi connectivity index (χ0v) is 11.2. The summed E-state index contributed by atoms with van der Waals surface area (Å²) in [6.07, 6.45) is 2.65. The van der Waals surface area contributed by atoms with Crippen LogP contribution in [0.3, 0.4) is 0 Å². The molecule has 0 bridgehead atoms. The van der Waals surface area contributed by atoms with Crippen molar-refractivity contribution in [2.75, 3.05) is 26.2 Å². The van der Waals surface area contributed by atoms with Gasteiger partial charge in [0.1, 0.15) is 5.83 Å². The molecule has 1 saturated heterocycles. The van der Waals surface area contributed by atoms with Crippen molar-refractivity contribution < 1.29 is 14.0 Å². The fourth-order valence-corrected chi connectivity index (χ4v) is 2.49. The first-order valence-electron chi connectivity index (χ1n) is 6.53. The standard InChI is InChI=1S/C14H16FN3O2/c1-9-10(2-3-12(15)11(9)6-16)13(19)8-18-5-4-17-7-14(18)20/h2-3,9-10,17H,4-5,7-8H2,1H3. The summed E-state index contributed by atoms with van der Waals surface area (Å²) >= 11 is 0. The van der Waals surface area contributed by atoms with Gasteiger partial charge in [0.25, 0.3) is 0 Å². The van der Waals surface area contributed by atoms with Crippen molar-refractivity contribution in [2.45, 2.75) is 6.92 Å². The van der Waals surface area contributed by atoms with Crippen molar-refractivity contribution in [1.29, 1.82) is 5.26 Å². The third kappa shape index (κ3) is 2.78. The van der Waals surface area contributed by atoms with Gasteiger partial charge >= 0.3 is 0 Å². The zero-order valence-electron chi connectivity index (χ0n) is 11.2. The Morgan fingerprint density at radius 3 is 3.05 bits per heavy atom. The first kappa shape index (κ1) is 14.4. The minimum absolute atomic E-state index is 0.00233. The summed E-state index contributed by atoms with van der Waals surface area (Å²) in [5.74, 6) is -1.90. The van der Waals surface area contributed by atoms with Gasteiger partial charge in [0, 0.05) is 24.9 Å². The molecule has 1 aliphatic heterocycles. The molecule has 0 saturated carbocycles. The van der Waals surface area contributed by atoms with Crippen molar-refractivity contribution in [2.24, 2.45) is 11.8 Å². The Labute approximate surface area is 116 Å². The predicted molar refractivity (Wildman–Crippen MR) is 70.0 cm³/mol. The van der Waals surface area contributed by atoms with Crippen LogP contribution in [0.1, 0.15) is 6.92 Å². The van der Waals surface area contributed by atoms with Crippen LogP contribution < -0.4 is 5.32 Å². The zero-order chi connectivity index (χ0) is 14.7. The van der Waals surface area contributed by atoms with Gasteiger partial charge in [-0.2, -0.15) is 5.26 Å². The number of nitrogens with zero attached hydrogens (tertiary/aromatic N) is 2. The van der Waals surface area contributed by atoms with Crippen molar-refractivity contribution in [3.63, 3.8) is 0 Å². The van der Waals surface area contributed by atoms with Crippen LogP contribution in [0.5, 0.6) is 0 Å². The monoisotopic (exact) mass is 277 g/mol. The highest BCUT2D eigenvalue weighted by Crippen LogP contribution is 2.30. The summed E-state index contributed by atoms with van der Waals surface area (Å²) in [7, 11) is 0. The maximum absolute atomic E-state index is 13.4. The van der Waals surface area contributed by atoms with Crippen molar-refractivity contribution in [1.82, 2.24) is 10.2 Å². The number of Topliss-reactive ketones (excluding diaryl/α,β-unsaturated/α-hetero) is 1. The van der Waals surface area contributed by atoms with Crippen molar-refractivity contribution in [3.05, 3.63) is 23.6 Å². The van der Waals surface area contributed by atoms with Gasteiger partial charge in [-0.3, -0.25) is 9.59 Å². The fraction of sp³-hybridized carbons (Fsp3) is 0.500. The van der Waals surface area contributed by atoms with E-state index in [1.165, 1.54) is 17.1 Å². The summed E-state index contributed by atoms with van der Waals surface area (Å²) in [4.78, 5) is 25.4. The molecule has 2 rings (SSSR count). The third-order valence-corrected chi connectivity index (χ3v) is 3.73. The van der Waals surface area contributed by atoms with E-state index in [4.69, 9.17) is 5.26 Å². The number of amides is 1. The quantitative estimate of drug-likeness (QED) is 0.818. The molecule has 20 heavy (non-hydrogen) atoms. The highest BCUT2D eigenvalue weighted by molar-refractivity contribution is 5.90. The van der Waals surface area contributed by atoms with Crippen molar-refractivity contribution >= 4 is 11.7 Å². The number of nitrogens with one attached hydrogen (secondary N) is 1. The van der Waals surface area contributed by atoms with E-state index in [1.54, 1.807) is 6.92 Å². The molecular weight excluding hydrogens is 261 g/mol. The molecule has 2 unspecified atom stereocenters. The Morgan fingerprint density at radius 2 is 2.40 bits per heavy atom. The second-order valence-corrected chi connectivity index (χ2v) is 5.01. The van der Waals surface area contributed by atoms with Crippen LogP contribution in [0.15, 0.2) is 23.6 Å². The number of hydrogen-bond acceptors (Lipinski definition) is 4. The summed E-state index contributed by atoms with van der Waals surface area (Å²) in [5, 5.41) is 11.9. The Bertz CT molecular complexity index is 533. The van der Waals surface area contributed by atoms with Gasteiger partial charge < -0.3 is 10.2 Å². The first-order chi connectivity index (χ1) is 9.54. The van der Waals surface area contributed by atoms with Crippen LogP contribution in [-0.2, 0) is 9.59 Å². The van der Waals surface area contributed by atoms with Gasteiger partial charge in [0.15, 0.2) is 5.78 Å². The molecular formula is C14H16FN3O2. The number of carbonyl (C=O) groups is 2. The van der Waals surface area contributed by atoms with E-state index in [-0.39, 0.29) is 30.4 Å². The summed E-state index contributed by atoms with van der Waals surface area (Å²) < 4.78 is 13.4. The Hall–Kier alpha value is -2.00. The Kier molecular flexibility index (Phi) is 4.30. The van der Waals surface area contributed by atoms with Crippen LogP contribution in [-0.4, -0.2) is 42.8 Å². The minimum Gasteiger partial charge on any atom is -0.333 e. The molecule has 106 valence electrons. The number of halogens is 1. The van der Waals surface area contributed by atoms with Crippen LogP contribution in [0.2, 0.25) is 0 Å². The average molecular weight is 277 g/mol. The molecule has 0 aromatic carbocycles. The van der Waals surface area contributed by atoms with Crippen LogP contribution >= 0.6 is 0 Å². The minimum atomic E-state index is -0.581. The topological polar surface area (TPSA) is 73.2 Å². The summed E-state index contributed by atoms with van der Waals surface area (Å²) in [6, 6.07) is 1.81. The summed E-state index contributed by atoms with van der Waals surface area (Å²) in [5.41, 5.74) is -0.00233. The number of piperazine rings is 1. The number of carbonyl (C=O) groups excluding carboxylic acids is 2. The van der Waals surface area contributed by atoms with E-state index in [0.29, 0.717) is 13.1 Å². The van der Waals surface area contributed by atoms with E-state index in [2.05, 4.69) is 5.32 Å². The van der Waals surface area contributed by atoms with Gasteiger partial charge in [-0.05, 0) is 6.08 Å². The molecule has 1 amide bonds. The van der Waals surface area contributed by atoms with E-state index in [9.17, 15) is 14.0 Å². The molecule has 1 heterocycles. The molecule has 0 radical (unpaired) electrons. The lowest BCUT2D eigenvalue weighted by Gasteiger charge is -2.29. The second-order valence-electron chi connectivity index (χ2n) is 5.01. The number of nitriles is 1. The van der Waals surface area contributed by atoms with Gasteiger partial charge in [-0.25, -0.2) is 4.39 Å². The normalized spacial score (nSPS) is 26.6. The van der Waals surface area contributed by atoms with Crippen LogP contribution in [0.4, 0.5) is 4.39 Å². The van der Waals surface area contributed by atoms with E-state index >= 15 is 0 Å². The molecule has 5 nitrogen and oxygen atoms in total. The molecule has 0 aromatic heterocycles. The SMILES string of the molecule is CC1C(C#N)=C(F)C=CC1C(=O)CN1CCNCC1=O. The molecule has 2 atom stereocenters. The highest BCUT2D eigenvalue weighted by atomic mass is 19.1. The van der Waals surface area contributed by atoms with Gasteiger partial charge in [0.05, 0.1) is 24.7 Å². The molecule has 1 N–H and O–H groups in total. The third-order valence-electron chi connectivity index (χ3n) is 3.73. The maximum atomic E-state index is 13.4. The molecule has 0 spiro atoms. The van der Waals surface area contributed by atoms with E-state index in [0.717, 1.165) is 0 Å². The maximum Gasteiger partial charge on any atom is 0.236 e. The molecule has 0 aromatic rings. The predicted octanol–water partition coefficient (Wildman–Crippen LogP) is 0.557. The van der Waals surface area contributed by atoms with Gasteiger partial charge in [0.2, 0.25) is 5.91 Å². The van der Waals surface area contributed by atoms with Gasteiger partial charge in [-0.1, -0.05) is 13.0 Å². The lowest BCUT2D eigenvalue weighted by atomic mass is 9.81. The van der Waals surface area contributed by atoms with E-state index in [1.807, 2.05) is 6.07 Å². The van der Waals surface area contributed by atoms with Gasteiger partial charge in [-0.15, -0.1) is 0 Å². The molecule has 2 aliphatic rings. The molecule has 1 fully saturated rings. The number of allylic oxidation sites excluding steroid dienone is 4. The van der Waals surface area contributed by atoms with Crippen molar-refractivity contribution in [3.8, 4) is 6.07 Å². The first-order valence-corrected chi connectivity index (χ1v) is 6.53. The van der Waals surface area contributed by atoms with Crippen LogP contribution in [0, 0.1) is 23.2 Å². The second kappa shape index (κ2) is 5.97. The lowest BCUT2D eigenvalue weighted by molar-refractivity contribution is -0.137. The highest BCUT2D eigenvalue weighted by Gasteiger charge is 2.32. The lowest BCUT2D eigenvalue weighted by Crippen LogP contribution is -2.50. The number of rotatable bonds is 3. The average Bonchev–Trinajstić information content (AvgIpc) is 2.42. The summed E-state index contributed by atoms with van der Waals surface area (Å²) in [6.45, 7) is 3.06. The Morgan fingerprint density at radius 1 is 1.65 bits per heavy atom. The van der Waals surface area contributed by atoms with Crippen LogP contribution in [0.25, 0.3) is 0 Å². The molecule has 1 aliphatic carbocycles. The smallest absolute Gasteiger partial charge is 0.236 e. The Balaban J connectivity index is 2.06. The largest absolute Gasteiger partial charge is 0.333 e. The fourth-order valence-electron chi connectivity index (χ4n) is 2.49. The number of hydrogen-bond donors (Lipinski definition) is 1. The molecule has 6 heteroatoms. The van der Waals surface area contributed by atoms with E-state index < -0.39 is 17.7 Å².